The standard InChI is InChI=1S/C11H21NO3S/c1-9(10(13)14)7-5-6-8-12-16(15)11(2,3)4/h8-9H,5-7H2,1-4H3,(H,13,14)/t9-,16?/m1/s1. The van der Waals surface area contributed by atoms with Crippen LogP contribution < -0.4 is 0 Å². The fourth-order valence-electron chi connectivity index (χ4n) is 0.917. The topological polar surface area (TPSA) is 72.7 Å². The van der Waals surface area contributed by atoms with Gasteiger partial charge < -0.3 is 9.66 Å². The molecule has 1 N–H and O–H groups in total. The lowest BCUT2D eigenvalue weighted by Crippen LogP contribution is -2.25. The van der Waals surface area contributed by atoms with Gasteiger partial charge in [-0.1, -0.05) is 11.3 Å². The summed E-state index contributed by atoms with van der Waals surface area (Å²) in [4.78, 5) is 10.5. The fraction of sp³-hybridized carbons (Fsp3) is 0.818. The molecule has 0 saturated heterocycles. The van der Waals surface area contributed by atoms with Gasteiger partial charge in [0.15, 0.2) is 0 Å². The van der Waals surface area contributed by atoms with E-state index >= 15 is 0 Å². The molecule has 0 bridgehead atoms. The number of unbranched alkanes of at least 4 members (excludes halogenated alkanes) is 1. The Labute approximate surface area is 100 Å². The van der Waals surface area contributed by atoms with Crippen LogP contribution in [0.5, 0.6) is 0 Å². The van der Waals surface area contributed by atoms with E-state index in [-0.39, 0.29) is 10.7 Å². The van der Waals surface area contributed by atoms with E-state index in [0.29, 0.717) is 12.8 Å². The van der Waals surface area contributed by atoms with Crippen molar-refractivity contribution in [3.05, 3.63) is 0 Å². The van der Waals surface area contributed by atoms with Crippen LogP contribution in [0.25, 0.3) is 0 Å². The van der Waals surface area contributed by atoms with E-state index in [4.69, 9.17) is 5.11 Å². The van der Waals surface area contributed by atoms with Crippen molar-refractivity contribution in [2.75, 3.05) is 0 Å². The summed E-state index contributed by atoms with van der Waals surface area (Å²) < 4.78 is 15.1. The Hall–Kier alpha value is -0.550. The molecule has 94 valence electrons. The minimum Gasteiger partial charge on any atom is -0.591 e. The molecular formula is C11H21NO3S. The van der Waals surface area contributed by atoms with Gasteiger partial charge in [0.1, 0.15) is 16.1 Å². The number of carboxylic acids is 1. The van der Waals surface area contributed by atoms with Crippen molar-refractivity contribution in [3.63, 3.8) is 0 Å². The molecule has 0 amide bonds. The molecular weight excluding hydrogens is 226 g/mol. The lowest BCUT2D eigenvalue weighted by Gasteiger charge is -2.17. The van der Waals surface area contributed by atoms with Crippen LogP contribution >= 0.6 is 0 Å². The number of rotatable bonds is 6. The molecule has 0 aliphatic heterocycles. The molecule has 0 saturated carbocycles. The van der Waals surface area contributed by atoms with Crippen LogP contribution in [0.15, 0.2) is 4.40 Å². The van der Waals surface area contributed by atoms with Crippen molar-refractivity contribution >= 4 is 23.5 Å². The Morgan fingerprint density at radius 1 is 1.56 bits per heavy atom. The van der Waals surface area contributed by atoms with Crippen LogP contribution in [-0.4, -0.2) is 26.6 Å². The summed E-state index contributed by atoms with van der Waals surface area (Å²) in [5.74, 6) is -1.09. The zero-order chi connectivity index (χ0) is 12.8. The SMILES string of the molecule is C[C@H](CCCC=N[S+]([O-])C(C)(C)C)C(=O)O. The van der Waals surface area contributed by atoms with Gasteiger partial charge in [-0.05, 0) is 40.0 Å². The Balaban J connectivity index is 3.75. The van der Waals surface area contributed by atoms with Gasteiger partial charge in [0.25, 0.3) is 0 Å². The smallest absolute Gasteiger partial charge is 0.306 e. The Morgan fingerprint density at radius 2 is 2.12 bits per heavy atom. The van der Waals surface area contributed by atoms with Crippen molar-refractivity contribution in [2.24, 2.45) is 10.3 Å². The molecule has 0 aromatic heterocycles. The van der Waals surface area contributed by atoms with Crippen molar-refractivity contribution in [1.29, 1.82) is 0 Å². The molecule has 0 aliphatic carbocycles. The maximum atomic E-state index is 11.5. The largest absolute Gasteiger partial charge is 0.591 e. The molecule has 0 rings (SSSR count). The third-order valence-corrected chi connectivity index (χ3v) is 3.47. The molecule has 0 aromatic rings. The second-order valence-electron chi connectivity index (χ2n) is 4.82. The molecule has 0 fully saturated rings. The zero-order valence-corrected chi connectivity index (χ0v) is 11.2. The molecule has 5 heteroatoms. The highest BCUT2D eigenvalue weighted by Gasteiger charge is 2.25. The normalized spacial score (nSPS) is 16.3. The lowest BCUT2D eigenvalue weighted by molar-refractivity contribution is -0.141. The van der Waals surface area contributed by atoms with Crippen LogP contribution in [0.2, 0.25) is 0 Å². The molecule has 4 nitrogen and oxygen atoms in total. The Bertz CT molecular complexity index is 248. The summed E-state index contributed by atoms with van der Waals surface area (Å²) >= 11 is -1.21. The van der Waals surface area contributed by atoms with Gasteiger partial charge in [-0.3, -0.25) is 4.79 Å². The van der Waals surface area contributed by atoms with Crippen LogP contribution in [0.4, 0.5) is 0 Å². The Morgan fingerprint density at radius 3 is 2.56 bits per heavy atom. The van der Waals surface area contributed by atoms with Crippen LogP contribution in [-0.2, 0) is 16.2 Å². The zero-order valence-electron chi connectivity index (χ0n) is 10.4. The lowest BCUT2D eigenvalue weighted by atomic mass is 10.1. The van der Waals surface area contributed by atoms with Gasteiger partial charge in [-0.15, -0.1) is 0 Å². The van der Waals surface area contributed by atoms with Crippen molar-refractivity contribution in [1.82, 2.24) is 0 Å². The van der Waals surface area contributed by atoms with Crippen molar-refractivity contribution in [3.8, 4) is 0 Å². The van der Waals surface area contributed by atoms with Gasteiger partial charge in [-0.2, -0.15) is 0 Å². The highest BCUT2D eigenvalue weighted by Crippen LogP contribution is 2.16. The molecule has 1 unspecified atom stereocenters. The van der Waals surface area contributed by atoms with Gasteiger partial charge in [0.05, 0.1) is 12.1 Å². The predicted molar refractivity (Wildman–Crippen MR) is 67.0 cm³/mol. The predicted octanol–water partition coefficient (Wildman–Crippen LogP) is 2.41. The van der Waals surface area contributed by atoms with Crippen molar-refractivity contribution in [2.45, 2.75) is 51.7 Å². The summed E-state index contributed by atoms with van der Waals surface area (Å²) in [5.41, 5.74) is 0. The average molecular weight is 247 g/mol. The van der Waals surface area contributed by atoms with E-state index in [1.807, 2.05) is 20.8 Å². The first-order valence-corrected chi connectivity index (χ1v) is 6.53. The molecule has 0 spiro atoms. The van der Waals surface area contributed by atoms with Crippen LogP contribution in [0, 0.1) is 5.92 Å². The van der Waals surface area contributed by atoms with E-state index in [2.05, 4.69) is 4.40 Å². The maximum absolute atomic E-state index is 11.5. The molecule has 16 heavy (non-hydrogen) atoms. The van der Waals surface area contributed by atoms with E-state index in [9.17, 15) is 9.35 Å². The van der Waals surface area contributed by atoms with Gasteiger partial charge >= 0.3 is 5.97 Å². The number of aliphatic carboxylic acids is 1. The third-order valence-electron chi connectivity index (χ3n) is 2.09. The van der Waals surface area contributed by atoms with Crippen molar-refractivity contribution < 1.29 is 14.5 Å². The highest BCUT2D eigenvalue weighted by atomic mass is 32.2. The summed E-state index contributed by atoms with van der Waals surface area (Å²) in [7, 11) is 0. The van der Waals surface area contributed by atoms with E-state index < -0.39 is 17.3 Å². The van der Waals surface area contributed by atoms with Gasteiger partial charge in [-0.25, -0.2) is 0 Å². The number of hydrogen-bond acceptors (Lipinski definition) is 3. The number of carboxylic acid groups (broad SMARTS) is 1. The minimum absolute atomic E-state index is 0.318. The molecule has 2 atom stereocenters. The fourth-order valence-corrected chi connectivity index (χ4v) is 1.47. The molecule has 0 radical (unpaired) electrons. The maximum Gasteiger partial charge on any atom is 0.306 e. The molecule has 0 aromatic carbocycles. The second-order valence-corrected chi connectivity index (χ2v) is 6.75. The first-order valence-electron chi connectivity index (χ1n) is 5.42. The molecule has 0 heterocycles. The third kappa shape index (κ3) is 6.85. The first kappa shape index (κ1) is 15.4. The van der Waals surface area contributed by atoms with Crippen LogP contribution in [0.1, 0.15) is 47.0 Å². The quantitative estimate of drug-likeness (QED) is 0.445. The summed E-state index contributed by atoms with van der Waals surface area (Å²) in [6, 6.07) is 0. The number of hydrogen-bond donors (Lipinski definition) is 1. The van der Waals surface area contributed by atoms with E-state index in [0.717, 1.165) is 6.42 Å². The van der Waals surface area contributed by atoms with E-state index in [1.54, 1.807) is 13.1 Å². The van der Waals surface area contributed by atoms with Crippen LogP contribution in [0.3, 0.4) is 0 Å². The average Bonchev–Trinajstić information content (AvgIpc) is 2.14. The highest BCUT2D eigenvalue weighted by molar-refractivity contribution is 7.91. The first-order chi connectivity index (χ1) is 7.25. The Kier molecular flexibility index (Phi) is 6.67. The minimum atomic E-state index is -1.21. The molecule has 0 aliphatic rings. The van der Waals surface area contributed by atoms with E-state index in [1.165, 1.54) is 0 Å². The van der Waals surface area contributed by atoms with Gasteiger partial charge in [0, 0.05) is 0 Å². The monoisotopic (exact) mass is 247 g/mol. The summed E-state index contributed by atoms with van der Waals surface area (Å²) in [6.07, 6.45) is 3.71. The second kappa shape index (κ2) is 6.91. The number of nitrogens with zero attached hydrogens (tertiary/aromatic N) is 1. The van der Waals surface area contributed by atoms with Gasteiger partial charge in [0.2, 0.25) is 0 Å². The number of carbonyl (C=O) groups is 1. The summed E-state index contributed by atoms with van der Waals surface area (Å²) in [5, 5.41) is 8.65. The summed E-state index contributed by atoms with van der Waals surface area (Å²) in [6.45, 7) is 7.29.